The van der Waals surface area contributed by atoms with Gasteiger partial charge in [0.25, 0.3) is 5.91 Å². The molecule has 0 spiro atoms. The molecule has 9 nitrogen and oxygen atoms in total. The first-order valence-electron chi connectivity index (χ1n) is 8.64. The quantitative estimate of drug-likeness (QED) is 0.427. The van der Waals surface area contributed by atoms with Crippen LogP contribution < -0.4 is 16.2 Å². The van der Waals surface area contributed by atoms with Crippen LogP contribution in [0.1, 0.15) is 25.0 Å². The Balaban J connectivity index is 1.91. The number of rotatable bonds is 8. The van der Waals surface area contributed by atoms with Crippen LogP contribution in [0.5, 0.6) is 0 Å². The summed E-state index contributed by atoms with van der Waals surface area (Å²) in [4.78, 5) is 42.3. The van der Waals surface area contributed by atoms with E-state index in [0.29, 0.717) is 25.8 Å². The summed E-state index contributed by atoms with van der Waals surface area (Å²) >= 11 is 0. The molecule has 4 N–H and O–H groups in total. The van der Waals surface area contributed by atoms with Crippen molar-refractivity contribution in [1.29, 1.82) is 0 Å². The van der Waals surface area contributed by atoms with Crippen molar-refractivity contribution in [3.05, 3.63) is 30.1 Å². The normalized spacial score (nSPS) is 17.6. The maximum atomic E-state index is 12.6. The lowest BCUT2D eigenvalue weighted by molar-refractivity contribution is -0.142. The molecule has 1 aliphatic rings. The first-order chi connectivity index (χ1) is 12.6. The van der Waals surface area contributed by atoms with E-state index < -0.39 is 24.6 Å². The highest BCUT2D eigenvalue weighted by atomic mass is 16.3. The van der Waals surface area contributed by atoms with Crippen LogP contribution in [-0.4, -0.2) is 65.0 Å². The fourth-order valence-electron chi connectivity index (χ4n) is 2.95. The van der Waals surface area contributed by atoms with Gasteiger partial charge in [-0.3, -0.25) is 24.8 Å². The van der Waals surface area contributed by atoms with E-state index in [4.69, 9.17) is 0 Å². The van der Waals surface area contributed by atoms with Crippen LogP contribution in [0.25, 0.3) is 0 Å². The van der Waals surface area contributed by atoms with Crippen molar-refractivity contribution < 1.29 is 19.5 Å². The maximum Gasteiger partial charge on any atom is 0.256 e. The molecule has 0 bridgehead atoms. The van der Waals surface area contributed by atoms with Gasteiger partial charge in [-0.25, -0.2) is 5.43 Å². The Morgan fingerprint density at radius 1 is 1.38 bits per heavy atom. The Morgan fingerprint density at radius 3 is 2.85 bits per heavy atom. The Morgan fingerprint density at radius 2 is 2.19 bits per heavy atom. The Labute approximate surface area is 152 Å². The molecule has 2 atom stereocenters. The molecule has 1 saturated heterocycles. The highest BCUT2D eigenvalue weighted by molar-refractivity contribution is 5.92. The largest absolute Gasteiger partial charge is 0.394 e. The van der Waals surface area contributed by atoms with Gasteiger partial charge in [-0.15, -0.1) is 0 Å². The molecule has 0 aliphatic carbocycles. The van der Waals surface area contributed by atoms with E-state index in [1.807, 2.05) is 12.1 Å². The van der Waals surface area contributed by atoms with Gasteiger partial charge in [0.15, 0.2) is 0 Å². The number of aliphatic hydroxyl groups is 1. The average molecular weight is 363 g/mol. The van der Waals surface area contributed by atoms with Gasteiger partial charge in [-0.05, 0) is 31.4 Å². The number of aryl methyl sites for hydroxylation is 1. The minimum atomic E-state index is -1.06. The molecule has 26 heavy (non-hydrogen) atoms. The number of aliphatic hydroxyl groups excluding tert-OH is 1. The summed E-state index contributed by atoms with van der Waals surface area (Å²) in [5, 5.41) is 12.1. The summed E-state index contributed by atoms with van der Waals surface area (Å²) in [7, 11) is 1.57. The summed E-state index contributed by atoms with van der Waals surface area (Å²) in [6.07, 6.45) is 3.49. The topological polar surface area (TPSA) is 124 Å². The number of hydrogen-bond donors (Lipinski definition) is 4. The molecule has 1 aromatic rings. The van der Waals surface area contributed by atoms with E-state index in [1.165, 1.54) is 4.90 Å². The van der Waals surface area contributed by atoms with Gasteiger partial charge in [0.05, 0.1) is 6.61 Å². The van der Waals surface area contributed by atoms with E-state index in [2.05, 4.69) is 21.2 Å². The monoisotopic (exact) mass is 363 g/mol. The smallest absolute Gasteiger partial charge is 0.256 e. The van der Waals surface area contributed by atoms with Crippen molar-refractivity contribution in [3.63, 3.8) is 0 Å². The standard InChI is InChI=1S/C17H25N5O4/c1-18-21-16(25)14-6-4-10-22(14)17(26)13(11-23)20-15(24)8-7-12-5-2-3-9-19-12/h2-3,5,9,13-14,18,23H,4,6-8,10-11H2,1H3,(H,20,24)(H,21,25)/t13-,14-/m0/s1. The Hall–Kier alpha value is -2.52. The van der Waals surface area contributed by atoms with Crippen LogP contribution in [0, 0.1) is 0 Å². The Kier molecular flexibility index (Phi) is 7.49. The number of hydrogen-bond acceptors (Lipinski definition) is 6. The lowest BCUT2D eigenvalue weighted by Crippen LogP contribution is -2.55. The number of likely N-dealkylation sites (tertiary alicyclic amines) is 1. The number of pyridine rings is 1. The van der Waals surface area contributed by atoms with Crippen molar-refractivity contribution in [2.45, 2.75) is 37.8 Å². The van der Waals surface area contributed by atoms with Gasteiger partial charge in [0, 0.05) is 31.9 Å². The summed E-state index contributed by atoms with van der Waals surface area (Å²) in [6.45, 7) is -0.105. The molecule has 0 saturated carbocycles. The number of hydrazine groups is 1. The molecule has 2 rings (SSSR count). The van der Waals surface area contributed by atoms with Crippen LogP contribution in [0.15, 0.2) is 24.4 Å². The van der Waals surface area contributed by atoms with Gasteiger partial charge in [-0.1, -0.05) is 6.07 Å². The fraction of sp³-hybridized carbons (Fsp3) is 0.529. The van der Waals surface area contributed by atoms with Crippen LogP contribution in [-0.2, 0) is 20.8 Å². The molecule has 9 heteroatoms. The first kappa shape index (κ1) is 19.8. The van der Waals surface area contributed by atoms with E-state index in [1.54, 1.807) is 19.3 Å². The zero-order valence-electron chi connectivity index (χ0n) is 14.8. The second kappa shape index (κ2) is 9.83. The van der Waals surface area contributed by atoms with Gasteiger partial charge in [0.2, 0.25) is 11.8 Å². The third kappa shape index (κ3) is 5.24. The molecular weight excluding hydrogens is 338 g/mol. The van der Waals surface area contributed by atoms with Crippen molar-refractivity contribution in [2.75, 3.05) is 20.2 Å². The first-order valence-corrected chi connectivity index (χ1v) is 8.64. The van der Waals surface area contributed by atoms with Crippen LogP contribution in [0.3, 0.4) is 0 Å². The summed E-state index contributed by atoms with van der Waals surface area (Å²) in [5.41, 5.74) is 5.79. The second-order valence-corrected chi connectivity index (χ2v) is 6.05. The third-order valence-electron chi connectivity index (χ3n) is 4.24. The van der Waals surface area contributed by atoms with Crippen molar-refractivity contribution in [1.82, 2.24) is 26.1 Å². The average Bonchev–Trinajstić information content (AvgIpc) is 3.15. The lowest BCUT2D eigenvalue weighted by Gasteiger charge is -2.27. The summed E-state index contributed by atoms with van der Waals surface area (Å²) in [5.74, 6) is -1.11. The molecule has 1 aliphatic heterocycles. The fourth-order valence-corrected chi connectivity index (χ4v) is 2.95. The molecule has 3 amide bonds. The number of carbonyl (C=O) groups excluding carboxylic acids is 3. The molecule has 1 fully saturated rings. The van der Waals surface area contributed by atoms with E-state index in [9.17, 15) is 19.5 Å². The minimum Gasteiger partial charge on any atom is -0.394 e. The van der Waals surface area contributed by atoms with Gasteiger partial charge < -0.3 is 15.3 Å². The predicted molar refractivity (Wildman–Crippen MR) is 93.5 cm³/mol. The van der Waals surface area contributed by atoms with E-state index in [-0.39, 0.29) is 18.2 Å². The van der Waals surface area contributed by atoms with E-state index >= 15 is 0 Å². The summed E-state index contributed by atoms with van der Waals surface area (Å²) in [6, 6.07) is 3.78. The summed E-state index contributed by atoms with van der Waals surface area (Å²) < 4.78 is 0. The maximum absolute atomic E-state index is 12.6. The number of nitrogens with zero attached hydrogens (tertiary/aromatic N) is 2. The number of aromatic nitrogens is 1. The number of amides is 3. The van der Waals surface area contributed by atoms with Gasteiger partial charge in [0.1, 0.15) is 12.1 Å². The molecule has 0 unspecified atom stereocenters. The zero-order chi connectivity index (χ0) is 18.9. The lowest BCUT2D eigenvalue weighted by atomic mass is 10.1. The van der Waals surface area contributed by atoms with Crippen molar-refractivity contribution >= 4 is 17.7 Å². The molecule has 2 heterocycles. The van der Waals surface area contributed by atoms with Crippen LogP contribution >= 0.6 is 0 Å². The van der Waals surface area contributed by atoms with E-state index in [0.717, 1.165) is 5.69 Å². The van der Waals surface area contributed by atoms with Crippen LogP contribution in [0.4, 0.5) is 0 Å². The molecule has 142 valence electrons. The van der Waals surface area contributed by atoms with Gasteiger partial charge in [-0.2, -0.15) is 0 Å². The second-order valence-electron chi connectivity index (χ2n) is 6.05. The molecule has 1 aromatic heterocycles. The number of nitrogens with one attached hydrogen (secondary N) is 3. The highest BCUT2D eigenvalue weighted by Crippen LogP contribution is 2.18. The SMILES string of the molecule is CNNC(=O)[C@@H]1CCCN1C(=O)[C@H](CO)NC(=O)CCc1ccccn1. The Bertz CT molecular complexity index is 625. The third-order valence-corrected chi connectivity index (χ3v) is 4.24. The van der Waals surface area contributed by atoms with Crippen molar-refractivity contribution in [3.8, 4) is 0 Å². The van der Waals surface area contributed by atoms with Crippen LogP contribution in [0.2, 0.25) is 0 Å². The zero-order valence-corrected chi connectivity index (χ0v) is 14.8. The minimum absolute atomic E-state index is 0.157. The molecule has 0 aromatic carbocycles. The van der Waals surface area contributed by atoms with Crippen molar-refractivity contribution in [2.24, 2.45) is 0 Å². The van der Waals surface area contributed by atoms with Gasteiger partial charge >= 0.3 is 0 Å². The molecule has 0 radical (unpaired) electrons. The molecular formula is C17H25N5O4. The number of carbonyl (C=O) groups is 3. The predicted octanol–water partition coefficient (Wildman–Crippen LogP) is -1.27. The highest BCUT2D eigenvalue weighted by Gasteiger charge is 2.37.